The van der Waals surface area contributed by atoms with Crippen molar-refractivity contribution in [3.05, 3.63) is 17.6 Å². The first kappa shape index (κ1) is 11.8. The van der Waals surface area contributed by atoms with Crippen molar-refractivity contribution in [1.29, 1.82) is 0 Å². The minimum Gasteiger partial charge on any atom is -0.463 e. The van der Waals surface area contributed by atoms with Crippen LogP contribution in [-0.4, -0.2) is 29.6 Å². The van der Waals surface area contributed by atoms with Crippen LogP contribution in [0.4, 0.5) is 5.82 Å². The third kappa shape index (κ3) is 2.93. The lowest BCUT2D eigenvalue weighted by atomic mass is 9.85. The molecule has 0 atom stereocenters. The molecule has 2 rings (SSSR count). The van der Waals surface area contributed by atoms with Crippen molar-refractivity contribution < 1.29 is 9.53 Å². The third-order valence-electron chi connectivity index (χ3n) is 3.02. The zero-order valence-electron chi connectivity index (χ0n) is 10.2. The first-order valence-corrected chi connectivity index (χ1v) is 5.87. The second-order valence-electron chi connectivity index (χ2n) is 4.39. The van der Waals surface area contributed by atoms with Crippen LogP contribution in [0.25, 0.3) is 0 Å². The molecule has 1 fully saturated rings. The van der Waals surface area contributed by atoms with Crippen molar-refractivity contribution in [2.75, 3.05) is 19.0 Å². The number of carbonyl (C=O) groups is 1. The van der Waals surface area contributed by atoms with E-state index in [0.717, 1.165) is 18.2 Å². The van der Waals surface area contributed by atoms with Gasteiger partial charge >= 0.3 is 5.97 Å². The maximum Gasteiger partial charge on any atom is 0.376 e. The molecule has 17 heavy (non-hydrogen) atoms. The van der Waals surface area contributed by atoms with Crippen LogP contribution in [-0.2, 0) is 4.74 Å². The number of esters is 1. The molecule has 1 aromatic heterocycles. The van der Waals surface area contributed by atoms with Crippen LogP contribution in [0, 0.1) is 12.8 Å². The standard InChI is InChI=1S/C12H17N3O2/c1-8-6-10(13-7-9-4-3-5-9)15-11(14-8)12(16)17-2/h6,9H,3-5,7H2,1-2H3,(H,13,14,15). The van der Waals surface area contributed by atoms with Gasteiger partial charge in [0.2, 0.25) is 5.82 Å². The predicted molar refractivity (Wildman–Crippen MR) is 63.9 cm³/mol. The summed E-state index contributed by atoms with van der Waals surface area (Å²) in [5.74, 6) is 1.06. The van der Waals surface area contributed by atoms with Gasteiger partial charge in [0, 0.05) is 18.3 Å². The molecule has 1 aromatic rings. The number of rotatable bonds is 4. The molecule has 0 radical (unpaired) electrons. The molecule has 1 aliphatic rings. The van der Waals surface area contributed by atoms with Gasteiger partial charge in [-0.1, -0.05) is 6.42 Å². The summed E-state index contributed by atoms with van der Waals surface area (Å²) in [5, 5.41) is 3.25. The fourth-order valence-corrected chi connectivity index (χ4v) is 1.79. The van der Waals surface area contributed by atoms with Gasteiger partial charge in [0.1, 0.15) is 5.82 Å². The van der Waals surface area contributed by atoms with Crippen LogP contribution in [0.5, 0.6) is 0 Å². The smallest absolute Gasteiger partial charge is 0.376 e. The lowest BCUT2D eigenvalue weighted by molar-refractivity contribution is 0.0586. The number of anilines is 1. The molecule has 0 saturated heterocycles. The lowest BCUT2D eigenvalue weighted by Crippen LogP contribution is -2.22. The molecule has 0 unspecified atom stereocenters. The number of methoxy groups -OCH3 is 1. The molecule has 92 valence electrons. The second kappa shape index (κ2) is 5.12. The summed E-state index contributed by atoms with van der Waals surface area (Å²) in [6.45, 7) is 2.75. The quantitative estimate of drug-likeness (QED) is 0.806. The zero-order valence-corrected chi connectivity index (χ0v) is 10.2. The maximum absolute atomic E-state index is 11.3. The number of ether oxygens (including phenoxy) is 1. The van der Waals surface area contributed by atoms with Crippen LogP contribution in [0.15, 0.2) is 6.07 Å². The number of carbonyl (C=O) groups excluding carboxylic acids is 1. The largest absolute Gasteiger partial charge is 0.463 e. The Kier molecular flexibility index (Phi) is 3.56. The summed E-state index contributed by atoms with van der Waals surface area (Å²) >= 11 is 0. The molecule has 0 amide bonds. The number of nitrogens with zero attached hydrogens (tertiary/aromatic N) is 2. The molecule has 0 spiro atoms. The highest BCUT2D eigenvalue weighted by Gasteiger charge is 2.17. The first-order chi connectivity index (χ1) is 8.19. The molecule has 1 saturated carbocycles. The highest BCUT2D eigenvalue weighted by Crippen LogP contribution is 2.26. The molecule has 5 nitrogen and oxygen atoms in total. The fourth-order valence-electron chi connectivity index (χ4n) is 1.79. The van der Waals surface area contributed by atoms with Gasteiger partial charge in [-0.15, -0.1) is 0 Å². The number of nitrogens with one attached hydrogen (secondary N) is 1. The Morgan fingerprint density at radius 2 is 2.29 bits per heavy atom. The number of aromatic nitrogens is 2. The van der Waals surface area contributed by atoms with Gasteiger partial charge in [-0.05, 0) is 25.7 Å². The predicted octanol–water partition coefficient (Wildman–Crippen LogP) is 1.78. The number of aryl methyl sites for hydroxylation is 1. The number of hydrogen-bond donors (Lipinski definition) is 1. The summed E-state index contributed by atoms with van der Waals surface area (Å²) in [7, 11) is 1.33. The average molecular weight is 235 g/mol. The molecule has 0 bridgehead atoms. The van der Waals surface area contributed by atoms with E-state index in [1.807, 2.05) is 13.0 Å². The fraction of sp³-hybridized carbons (Fsp3) is 0.583. The topological polar surface area (TPSA) is 64.1 Å². The molecule has 1 N–H and O–H groups in total. The van der Waals surface area contributed by atoms with Crippen molar-refractivity contribution in [1.82, 2.24) is 9.97 Å². The Balaban J connectivity index is 2.04. The molecule has 5 heteroatoms. The summed E-state index contributed by atoms with van der Waals surface area (Å²) in [4.78, 5) is 19.5. The van der Waals surface area contributed by atoms with Crippen molar-refractivity contribution in [2.45, 2.75) is 26.2 Å². The molecule has 1 aliphatic carbocycles. The molecule has 1 heterocycles. The van der Waals surface area contributed by atoms with E-state index in [-0.39, 0.29) is 5.82 Å². The Morgan fingerprint density at radius 3 is 2.88 bits per heavy atom. The van der Waals surface area contributed by atoms with E-state index in [4.69, 9.17) is 0 Å². The SMILES string of the molecule is COC(=O)c1nc(C)cc(NCC2CCC2)n1. The van der Waals surface area contributed by atoms with Crippen molar-refractivity contribution in [2.24, 2.45) is 5.92 Å². The van der Waals surface area contributed by atoms with E-state index in [9.17, 15) is 4.79 Å². The summed E-state index contributed by atoms with van der Waals surface area (Å²) < 4.78 is 4.61. The van der Waals surface area contributed by atoms with Crippen LogP contribution in [0.2, 0.25) is 0 Å². The van der Waals surface area contributed by atoms with Crippen LogP contribution >= 0.6 is 0 Å². The highest BCUT2D eigenvalue weighted by atomic mass is 16.5. The van der Waals surface area contributed by atoms with Gasteiger partial charge < -0.3 is 10.1 Å². The first-order valence-electron chi connectivity index (χ1n) is 5.87. The minimum atomic E-state index is -0.500. The maximum atomic E-state index is 11.3. The highest BCUT2D eigenvalue weighted by molar-refractivity contribution is 5.85. The third-order valence-corrected chi connectivity index (χ3v) is 3.02. The van der Waals surface area contributed by atoms with Gasteiger partial charge in [-0.3, -0.25) is 0 Å². The van der Waals surface area contributed by atoms with Gasteiger partial charge in [0.05, 0.1) is 7.11 Å². The second-order valence-corrected chi connectivity index (χ2v) is 4.39. The molecular weight excluding hydrogens is 218 g/mol. The Labute approximate surface area is 101 Å². The van der Waals surface area contributed by atoms with Crippen molar-refractivity contribution >= 4 is 11.8 Å². The summed E-state index contributed by atoms with van der Waals surface area (Å²) in [6, 6.07) is 1.84. The van der Waals surface area contributed by atoms with Crippen LogP contribution in [0.1, 0.15) is 35.6 Å². The van der Waals surface area contributed by atoms with E-state index >= 15 is 0 Å². The summed E-state index contributed by atoms with van der Waals surface area (Å²) in [6.07, 6.45) is 3.88. The molecular formula is C12H17N3O2. The molecule has 0 aliphatic heterocycles. The van der Waals surface area contributed by atoms with Gasteiger partial charge in [-0.25, -0.2) is 14.8 Å². The van der Waals surface area contributed by atoms with Crippen LogP contribution in [0.3, 0.4) is 0 Å². The van der Waals surface area contributed by atoms with Crippen molar-refractivity contribution in [3.63, 3.8) is 0 Å². The van der Waals surface area contributed by atoms with Gasteiger partial charge in [0.25, 0.3) is 0 Å². The monoisotopic (exact) mass is 235 g/mol. The minimum absolute atomic E-state index is 0.114. The summed E-state index contributed by atoms with van der Waals surface area (Å²) in [5.41, 5.74) is 0.761. The van der Waals surface area contributed by atoms with Crippen molar-refractivity contribution in [3.8, 4) is 0 Å². The molecule has 0 aromatic carbocycles. The van der Waals surface area contributed by atoms with E-state index < -0.39 is 5.97 Å². The Morgan fingerprint density at radius 1 is 1.53 bits per heavy atom. The van der Waals surface area contributed by atoms with Gasteiger partial charge in [-0.2, -0.15) is 0 Å². The Hall–Kier alpha value is -1.65. The normalized spacial score (nSPS) is 15.2. The average Bonchev–Trinajstić information content (AvgIpc) is 2.25. The van der Waals surface area contributed by atoms with E-state index in [1.165, 1.54) is 26.4 Å². The van der Waals surface area contributed by atoms with Gasteiger partial charge in [0.15, 0.2) is 0 Å². The van der Waals surface area contributed by atoms with Crippen LogP contribution < -0.4 is 5.32 Å². The van der Waals surface area contributed by atoms with E-state index in [0.29, 0.717) is 5.82 Å². The Bertz CT molecular complexity index is 416. The number of hydrogen-bond acceptors (Lipinski definition) is 5. The van der Waals surface area contributed by atoms with E-state index in [2.05, 4.69) is 20.0 Å². The lowest BCUT2D eigenvalue weighted by Gasteiger charge is -2.25. The zero-order chi connectivity index (χ0) is 12.3. The van der Waals surface area contributed by atoms with E-state index in [1.54, 1.807) is 0 Å².